The fraction of sp³-hybridized carbons (Fsp3) is 0.154. The summed E-state index contributed by atoms with van der Waals surface area (Å²) in [6, 6.07) is 6.92. The van der Waals surface area contributed by atoms with E-state index in [0.717, 1.165) is 5.56 Å². The van der Waals surface area contributed by atoms with Crippen LogP contribution in [0.15, 0.2) is 29.2 Å². The van der Waals surface area contributed by atoms with Gasteiger partial charge in [0.1, 0.15) is 10.1 Å². The number of nitrogens with zero attached hydrogens (tertiary/aromatic N) is 1. The Morgan fingerprint density at radius 1 is 1.37 bits per heavy atom. The average Bonchev–Trinajstić information content (AvgIpc) is 2.59. The fourth-order valence-corrected chi connectivity index (χ4v) is 2.67. The van der Waals surface area contributed by atoms with Gasteiger partial charge in [0.15, 0.2) is 0 Å². The molecule has 1 aliphatic heterocycles. The highest BCUT2D eigenvalue weighted by Gasteiger charge is 2.28. The quantitative estimate of drug-likeness (QED) is 0.363. The van der Waals surface area contributed by atoms with E-state index < -0.39 is 0 Å². The number of likely N-dealkylation sites (N-methyl/N-ethyl adjacent to an activating group) is 1. The summed E-state index contributed by atoms with van der Waals surface area (Å²) >= 11 is 6.33. The van der Waals surface area contributed by atoms with E-state index in [4.69, 9.17) is 17.0 Å². The minimum atomic E-state index is -0.361. The molecule has 1 aromatic carbocycles. The van der Waals surface area contributed by atoms with Crippen LogP contribution in [-0.4, -0.2) is 28.1 Å². The third-order valence-electron chi connectivity index (χ3n) is 2.43. The SMILES string of the molecule is CC(=O)Oc1ccc(/C=C2\SC(=S)N(C)C2=O)cc1. The van der Waals surface area contributed by atoms with Crippen molar-refractivity contribution in [3.05, 3.63) is 34.7 Å². The van der Waals surface area contributed by atoms with Crippen LogP contribution in [0.2, 0.25) is 0 Å². The molecule has 98 valence electrons. The number of carbonyl (C=O) groups is 2. The van der Waals surface area contributed by atoms with Gasteiger partial charge in [-0.25, -0.2) is 0 Å². The Balaban J connectivity index is 2.18. The number of hydrogen-bond acceptors (Lipinski definition) is 5. The number of ether oxygens (including phenoxy) is 1. The minimum Gasteiger partial charge on any atom is -0.427 e. The second-order valence-electron chi connectivity index (χ2n) is 3.90. The number of hydrogen-bond donors (Lipinski definition) is 0. The third kappa shape index (κ3) is 3.21. The molecule has 1 fully saturated rings. The van der Waals surface area contributed by atoms with E-state index >= 15 is 0 Å². The molecule has 19 heavy (non-hydrogen) atoms. The molecule has 1 saturated heterocycles. The second-order valence-corrected chi connectivity index (χ2v) is 5.58. The Kier molecular flexibility index (Phi) is 4.01. The summed E-state index contributed by atoms with van der Waals surface area (Å²) in [5.41, 5.74) is 0.852. The van der Waals surface area contributed by atoms with Crippen LogP contribution in [0.1, 0.15) is 12.5 Å². The van der Waals surface area contributed by atoms with E-state index in [1.807, 2.05) is 0 Å². The number of rotatable bonds is 2. The maximum absolute atomic E-state index is 11.8. The van der Waals surface area contributed by atoms with Crippen LogP contribution >= 0.6 is 24.0 Å². The molecule has 0 radical (unpaired) electrons. The van der Waals surface area contributed by atoms with Gasteiger partial charge in [-0.05, 0) is 23.8 Å². The number of esters is 1. The number of amides is 1. The summed E-state index contributed by atoms with van der Waals surface area (Å²) in [6.07, 6.45) is 1.76. The predicted octanol–water partition coefficient (Wildman–Crippen LogP) is 2.44. The first-order valence-corrected chi connectivity index (χ1v) is 6.70. The highest BCUT2D eigenvalue weighted by molar-refractivity contribution is 8.26. The van der Waals surface area contributed by atoms with Gasteiger partial charge in [0.05, 0.1) is 4.91 Å². The Hall–Kier alpha value is -1.66. The van der Waals surface area contributed by atoms with Crippen LogP contribution in [-0.2, 0) is 9.59 Å². The van der Waals surface area contributed by atoms with Gasteiger partial charge in [-0.3, -0.25) is 14.5 Å². The third-order valence-corrected chi connectivity index (χ3v) is 3.91. The zero-order valence-electron chi connectivity index (χ0n) is 10.4. The van der Waals surface area contributed by atoms with Crippen molar-refractivity contribution in [1.29, 1.82) is 0 Å². The first kappa shape index (κ1) is 13.8. The molecule has 0 bridgehead atoms. The number of thiocarbonyl (C=S) groups is 1. The molecule has 1 amide bonds. The highest BCUT2D eigenvalue weighted by Crippen LogP contribution is 2.31. The van der Waals surface area contributed by atoms with E-state index in [1.54, 1.807) is 37.4 Å². The van der Waals surface area contributed by atoms with Gasteiger partial charge in [-0.2, -0.15) is 0 Å². The smallest absolute Gasteiger partial charge is 0.308 e. The van der Waals surface area contributed by atoms with E-state index in [9.17, 15) is 9.59 Å². The largest absolute Gasteiger partial charge is 0.427 e. The van der Waals surface area contributed by atoms with Crippen LogP contribution < -0.4 is 4.74 Å². The molecule has 6 heteroatoms. The molecule has 0 atom stereocenters. The zero-order chi connectivity index (χ0) is 14.0. The Morgan fingerprint density at radius 3 is 2.47 bits per heavy atom. The predicted molar refractivity (Wildman–Crippen MR) is 78.7 cm³/mol. The van der Waals surface area contributed by atoms with Crippen molar-refractivity contribution >= 4 is 46.3 Å². The van der Waals surface area contributed by atoms with E-state index in [1.165, 1.54) is 23.6 Å². The first-order chi connectivity index (χ1) is 8.97. The fourth-order valence-electron chi connectivity index (χ4n) is 1.50. The molecule has 0 saturated carbocycles. The molecule has 1 aromatic rings. The molecule has 1 aliphatic rings. The molecule has 1 heterocycles. The maximum atomic E-state index is 11.8. The van der Waals surface area contributed by atoms with E-state index in [-0.39, 0.29) is 11.9 Å². The van der Waals surface area contributed by atoms with Gasteiger partial charge in [-0.15, -0.1) is 0 Å². The van der Waals surface area contributed by atoms with Crippen molar-refractivity contribution in [2.24, 2.45) is 0 Å². The van der Waals surface area contributed by atoms with Crippen molar-refractivity contribution in [3.63, 3.8) is 0 Å². The van der Waals surface area contributed by atoms with Crippen molar-refractivity contribution in [3.8, 4) is 5.75 Å². The van der Waals surface area contributed by atoms with Crippen LogP contribution in [0, 0.1) is 0 Å². The van der Waals surface area contributed by atoms with Crippen LogP contribution in [0.3, 0.4) is 0 Å². The van der Waals surface area contributed by atoms with Gasteiger partial charge < -0.3 is 4.74 Å². The monoisotopic (exact) mass is 293 g/mol. The molecule has 0 unspecified atom stereocenters. The highest BCUT2D eigenvalue weighted by atomic mass is 32.2. The second kappa shape index (κ2) is 5.54. The Labute approximate surface area is 120 Å². The van der Waals surface area contributed by atoms with Crippen LogP contribution in [0.25, 0.3) is 6.08 Å². The van der Waals surface area contributed by atoms with Gasteiger partial charge in [0, 0.05) is 14.0 Å². The Morgan fingerprint density at radius 2 is 2.00 bits per heavy atom. The Bertz CT molecular complexity index is 578. The molecule has 2 rings (SSSR count). The van der Waals surface area contributed by atoms with Crippen molar-refractivity contribution in [2.75, 3.05) is 7.05 Å². The lowest BCUT2D eigenvalue weighted by Gasteiger charge is -2.03. The number of benzene rings is 1. The van der Waals surface area contributed by atoms with Crippen molar-refractivity contribution in [2.45, 2.75) is 6.92 Å². The van der Waals surface area contributed by atoms with Gasteiger partial charge in [-0.1, -0.05) is 36.1 Å². The topological polar surface area (TPSA) is 46.6 Å². The van der Waals surface area contributed by atoms with E-state index in [0.29, 0.717) is 15.0 Å². The molecule has 0 aliphatic carbocycles. The summed E-state index contributed by atoms with van der Waals surface area (Å²) in [4.78, 5) is 24.6. The van der Waals surface area contributed by atoms with Crippen LogP contribution in [0.5, 0.6) is 5.75 Å². The summed E-state index contributed by atoms with van der Waals surface area (Å²) < 4.78 is 5.48. The summed E-state index contributed by atoms with van der Waals surface area (Å²) in [7, 11) is 1.66. The summed E-state index contributed by atoms with van der Waals surface area (Å²) in [5.74, 6) is 0.0198. The average molecular weight is 293 g/mol. The van der Waals surface area contributed by atoms with Gasteiger partial charge in [0.2, 0.25) is 0 Å². The van der Waals surface area contributed by atoms with Crippen molar-refractivity contribution in [1.82, 2.24) is 4.90 Å². The summed E-state index contributed by atoms with van der Waals surface area (Å²) in [5, 5.41) is 0. The molecule has 0 N–H and O–H groups in total. The minimum absolute atomic E-state index is 0.0981. The normalized spacial score (nSPS) is 17.2. The first-order valence-electron chi connectivity index (χ1n) is 5.47. The summed E-state index contributed by atoms with van der Waals surface area (Å²) in [6.45, 7) is 1.35. The standard InChI is InChI=1S/C13H11NO3S2/c1-8(15)17-10-5-3-9(4-6-10)7-11-12(16)14(2)13(18)19-11/h3-7H,1-2H3/b11-7-. The van der Waals surface area contributed by atoms with Gasteiger partial charge >= 0.3 is 5.97 Å². The van der Waals surface area contributed by atoms with Crippen LogP contribution in [0.4, 0.5) is 0 Å². The van der Waals surface area contributed by atoms with E-state index in [2.05, 4.69) is 0 Å². The molecular weight excluding hydrogens is 282 g/mol. The molecule has 4 nitrogen and oxygen atoms in total. The lowest BCUT2D eigenvalue weighted by Crippen LogP contribution is -2.22. The molecule has 0 spiro atoms. The zero-order valence-corrected chi connectivity index (χ0v) is 12.0. The lowest BCUT2D eigenvalue weighted by atomic mass is 10.2. The maximum Gasteiger partial charge on any atom is 0.308 e. The number of carbonyl (C=O) groups excluding carboxylic acids is 2. The molecular formula is C13H11NO3S2. The van der Waals surface area contributed by atoms with Crippen molar-refractivity contribution < 1.29 is 14.3 Å². The lowest BCUT2D eigenvalue weighted by molar-refractivity contribution is -0.131. The molecule has 0 aromatic heterocycles. The van der Waals surface area contributed by atoms with Gasteiger partial charge in [0.25, 0.3) is 5.91 Å². The number of thioether (sulfide) groups is 1.